The van der Waals surface area contributed by atoms with E-state index in [0.29, 0.717) is 22.6 Å². The van der Waals surface area contributed by atoms with E-state index in [4.69, 9.17) is 9.47 Å². The van der Waals surface area contributed by atoms with Gasteiger partial charge in [0.15, 0.2) is 6.79 Å². The summed E-state index contributed by atoms with van der Waals surface area (Å²) in [7, 11) is 1.53. The molecular weight excluding hydrogens is 336 g/mol. The molecule has 1 atom stereocenters. The maximum atomic E-state index is 12.6. The lowest BCUT2D eigenvalue weighted by molar-refractivity contribution is -0.127. The van der Waals surface area contributed by atoms with E-state index < -0.39 is 17.9 Å². The maximum absolute atomic E-state index is 12.6. The molecule has 132 valence electrons. The molecule has 2 aliphatic rings. The van der Waals surface area contributed by atoms with Gasteiger partial charge in [0.2, 0.25) is 0 Å². The standard InChI is InChI=1S/C19H16N2O5/c1-25-11-26-13-8-6-12(7-9-13)20-10-16(19(20)24)21-17(22)14-4-2-3-5-15(14)18(21)23/h2-9,16H,10-11H2,1H3. The van der Waals surface area contributed by atoms with Gasteiger partial charge in [-0.1, -0.05) is 12.1 Å². The molecule has 2 aromatic carbocycles. The van der Waals surface area contributed by atoms with Gasteiger partial charge in [-0.15, -0.1) is 0 Å². The van der Waals surface area contributed by atoms with Crippen molar-refractivity contribution >= 4 is 23.4 Å². The zero-order valence-electron chi connectivity index (χ0n) is 14.0. The van der Waals surface area contributed by atoms with Crippen LogP contribution in [0.15, 0.2) is 48.5 Å². The second-order valence-corrected chi connectivity index (χ2v) is 6.04. The molecule has 1 saturated heterocycles. The number of fused-ring (bicyclic) bond motifs is 1. The molecule has 2 aliphatic heterocycles. The summed E-state index contributed by atoms with van der Waals surface area (Å²) >= 11 is 0. The van der Waals surface area contributed by atoms with Gasteiger partial charge in [-0.2, -0.15) is 0 Å². The number of amides is 3. The van der Waals surface area contributed by atoms with E-state index in [9.17, 15) is 14.4 Å². The first-order valence-corrected chi connectivity index (χ1v) is 8.12. The van der Waals surface area contributed by atoms with E-state index >= 15 is 0 Å². The van der Waals surface area contributed by atoms with Gasteiger partial charge in [-0.05, 0) is 36.4 Å². The number of imide groups is 1. The molecule has 0 aliphatic carbocycles. The number of hydrogen-bond acceptors (Lipinski definition) is 5. The van der Waals surface area contributed by atoms with Crippen molar-refractivity contribution in [2.45, 2.75) is 6.04 Å². The molecule has 3 amide bonds. The maximum Gasteiger partial charge on any atom is 0.262 e. The Morgan fingerprint density at radius 1 is 0.962 bits per heavy atom. The normalized spacial score (nSPS) is 18.8. The fraction of sp³-hybridized carbons (Fsp3) is 0.211. The van der Waals surface area contributed by atoms with E-state index in [1.165, 1.54) is 12.0 Å². The summed E-state index contributed by atoms with van der Waals surface area (Å²) in [6.07, 6.45) is 0. The fourth-order valence-corrected chi connectivity index (χ4v) is 3.17. The van der Waals surface area contributed by atoms with Crippen molar-refractivity contribution in [3.63, 3.8) is 0 Å². The Bertz CT molecular complexity index is 858. The molecule has 0 bridgehead atoms. The highest BCUT2D eigenvalue weighted by Crippen LogP contribution is 2.32. The first kappa shape index (κ1) is 16.3. The Balaban J connectivity index is 1.48. The van der Waals surface area contributed by atoms with E-state index in [-0.39, 0.29) is 19.2 Å². The van der Waals surface area contributed by atoms with Crippen LogP contribution in [0.3, 0.4) is 0 Å². The molecule has 4 rings (SSSR count). The van der Waals surface area contributed by atoms with Gasteiger partial charge in [0.1, 0.15) is 11.8 Å². The minimum Gasteiger partial charge on any atom is -0.468 e. The first-order valence-electron chi connectivity index (χ1n) is 8.12. The predicted molar refractivity (Wildman–Crippen MR) is 92.0 cm³/mol. The molecule has 1 fully saturated rings. The number of anilines is 1. The van der Waals surface area contributed by atoms with Gasteiger partial charge in [-0.25, -0.2) is 0 Å². The average Bonchev–Trinajstić information content (AvgIpc) is 2.92. The zero-order valence-corrected chi connectivity index (χ0v) is 14.0. The fourth-order valence-electron chi connectivity index (χ4n) is 3.17. The Morgan fingerprint density at radius 2 is 1.58 bits per heavy atom. The molecule has 2 heterocycles. The summed E-state index contributed by atoms with van der Waals surface area (Å²) in [5.74, 6) is -0.468. The van der Waals surface area contributed by atoms with E-state index in [1.54, 1.807) is 48.5 Å². The number of carbonyl (C=O) groups is 3. The molecule has 2 aromatic rings. The lowest BCUT2D eigenvalue weighted by Crippen LogP contribution is -2.65. The lowest BCUT2D eigenvalue weighted by atomic mass is 10.0. The minimum atomic E-state index is -0.758. The van der Waals surface area contributed by atoms with Crippen LogP contribution in [0.1, 0.15) is 20.7 Å². The molecule has 26 heavy (non-hydrogen) atoms. The third-order valence-electron chi connectivity index (χ3n) is 4.54. The monoisotopic (exact) mass is 352 g/mol. The van der Waals surface area contributed by atoms with Gasteiger partial charge in [-0.3, -0.25) is 19.3 Å². The Morgan fingerprint density at radius 3 is 2.12 bits per heavy atom. The molecule has 7 nitrogen and oxygen atoms in total. The van der Waals surface area contributed by atoms with Crippen LogP contribution >= 0.6 is 0 Å². The Hall–Kier alpha value is -3.19. The van der Waals surface area contributed by atoms with Crippen molar-refractivity contribution in [2.75, 3.05) is 25.3 Å². The number of nitrogens with zero attached hydrogens (tertiary/aromatic N) is 2. The summed E-state index contributed by atoms with van der Waals surface area (Å²) in [5, 5.41) is 0. The number of ether oxygens (including phenoxy) is 2. The van der Waals surface area contributed by atoms with Gasteiger partial charge >= 0.3 is 0 Å². The molecule has 0 saturated carbocycles. The van der Waals surface area contributed by atoms with Crippen molar-refractivity contribution in [3.05, 3.63) is 59.7 Å². The summed E-state index contributed by atoms with van der Waals surface area (Å²) < 4.78 is 10.1. The molecule has 0 radical (unpaired) electrons. The van der Waals surface area contributed by atoms with E-state index in [1.807, 2.05) is 0 Å². The van der Waals surface area contributed by atoms with Crippen molar-refractivity contribution in [1.82, 2.24) is 4.90 Å². The van der Waals surface area contributed by atoms with Crippen LogP contribution < -0.4 is 9.64 Å². The van der Waals surface area contributed by atoms with E-state index in [0.717, 1.165) is 4.90 Å². The second kappa shape index (κ2) is 6.27. The van der Waals surface area contributed by atoms with Crippen LogP contribution in [-0.4, -0.2) is 49.1 Å². The van der Waals surface area contributed by atoms with Crippen LogP contribution in [0.2, 0.25) is 0 Å². The third kappa shape index (κ3) is 2.44. The van der Waals surface area contributed by atoms with Crippen LogP contribution in [0.4, 0.5) is 5.69 Å². The lowest BCUT2D eigenvalue weighted by Gasteiger charge is -2.41. The molecule has 0 N–H and O–H groups in total. The van der Waals surface area contributed by atoms with Crippen LogP contribution in [0, 0.1) is 0 Å². The highest BCUT2D eigenvalue weighted by Gasteiger charge is 2.50. The number of carbonyl (C=O) groups excluding carboxylic acids is 3. The van der Waals surface area contributed by atoms with Gasteiger partial charge in [0, 0.05) is 12.8 Å². The van der Waals surface area contributed by atoms with Crippen molar-refractivity contribution in [3.8, 4) is 5.75 Å². The average molecular weight is 352 g/mol. The molecule has 0 spiro atoms. The van der Waals surface area contributed by atoms with Crippen molar-refractivity contribution in [2.24, 2.45) is 0 Å². The van der Waals surface area contributed by atoms with Crippen LogP contribution in [-0.2, 0) is 9.53 Å². The predicted octanol–water partition coefficient (Wildman–Crippen LogP) is 1.68. The Kier molecular flexibility index (Phi) is 3.93. The van der Waals surface area contributed by atoms with Gasteiger partial charge < -0.3 is 14.4 Å². The number of rotatable bonds is 5. The van der Waals surface area contributed by atoms with Gasteiger partial charge in [0.05, 0.1) is 17.7 Å². The number of β-lactam (4-membered cyclic amide) rings is 1. The first-order chi connectivity index (χ1) is 12.6. The number of hydrogen-bond donors (Lipinski definition) is 0. The van der Waals surface area contributed by atoms with Crippen LogP contribution in [0.25, 0.3) is 0 Å². The van der Waals surface area contributed by atoms with E-state index in [2.05, 4.69) is 0 Å². The van der Waals surface area contributed by atoms with Gasteiger partial charge in [0.25, 0.3) is 17.7 Å². The summed E-state index contributed by atoms with van der Waals surface area (Å²) in [4.78, 5) is 40.1. The molecule has 1 unspecified atom stereocenters. The summed E-state index contributed by atoms with van der Waals surface area (Å²) in [5.41, 5.74) is 1.39. The highest BCUT2D eigenvalue weighted by molar-refractivity contribution is 6.24. The molecular formula is C19H16N2O5. The third-order valence-corrected chi connectivity index (χ3v) is 4.54. The van der Waals surface area contributed by atoms with Crippen molar-refractivity contribution < 1.29 is 23.9 Å². The quantitative estimate of drug-likeness (QED) is 0.465. The summed E-state index contributed by atoms with van der Waals surface area (Å²) in [6.45, 7) is 0.423. The Labute approximate surface area is 149 Å². The summed E-state index contributed by atoms with van der Waals surface area (Å²) in [6, 6.07) is 12.8. The largest absolute Gasteiger partial charge is 0.468 e. The molecule has 7 heteroatoms. The molecule has 0 aromatic heterocycles. The second-order valence-electron chi connectivity index (χ2n) is 6.04. The number of benzene rings is 2. The number of methoxy groups -OCH3 is 1. The SMILES string of the molecule is COCOc1ccc(N2CC(N3C(=O)c4ccccc4C3=O)C2=O)cc1. The topological polar surface area (TPSA) is 76.2 Å². The van der Waals surface area contributed by atoms with Crippen LogP contribution in [0.5, 0.6) is 5.75 Å². The van der Waals surface area contributed by atoms with Crippen molar-refractivity contribution in [1.29, 1.82) is 0 Å². The highest BCUT2D eigenvalue weighted by atomic mass is 16.7. The minimum absolute atomic E-state index is 0.143. The smallest absolute Gasteiger partial charge is 0.262 e. The zero-order chi connectivity index (χ0) is 18.3.